The number of alkyl halides is 1. The molecule has 0 amide bonds. The maximum atomic E-state index is 5.76. The third kappa shape index (κ3) is 6.88. The Bertz CT molecular complexity index is 59.0. The summed E-state index contributed by atoms with van der Waals surface area (Å²) in [6.45, 7) is 3.72. The highest BCUT2D eigenvalue weighted by Crippen LogP contribution is 2.09. The van der Waals surface area contributed by atoms with Crippen molar-refractivity contribution in [2.45, 2.75) is 11.8 Å². The lowest BCUT2D eigenvalue weighted by Crippen LogP contribution is -2.03. The van der Waals surface area contributed by atoms with Gasteiger partial charge >= 0.3 is 0 Å². The Morgan fingerprint density at radius 1 is 1.67 bits per heavy atom. The smallest absolute Gasteiger partial charge is 0.0525 e. The van der Waals surface area contributed by atoms with Gasteiger partial charge in [0, 0.05) is 11.5 Å². The molecule has 0 rings (SSSR count). The summed E-state index contributed by atoms with van der Waals surface area (Å²) < 4.78 is 0. The van der Waals surface area contributed by atoms with Crippen molar-refractivity contribution in [3.63, 3.8) is 0 Å². The van der Waals surface area contributed by atoms with Gasteiger partial charge in [-0.05, 0) is 12.2 Å². The zero-order valence-corrected chi connectivity index (χ0v) is 7.70. The van der Waals surface area contributed by atoms with Gasteiger partial charge in [0.05, 0.1) is 5.38 Å². The van der Waals surface area contributed by atoms with Crippen molar-refractivity contribution in [1.29, 1.82) is 0 Å². The number of hydrogen-bond donors (Lipinski definition) is 0. The molecule has 0 aliphatic rings. The molecule has 0 bridgehead atoms. The molecule has 0 aliphatic carbocycles. The molecule has 9 heavy (non-hydrogen) atoms. The normalized spacial score (nSPS) is 13.7. The molecule has 0 aromatic rings. The van der Waals surface area contributed by atoms with Crippen molar-refractivity contribution in [1.82, 2.24) is 0 Å². The minimum atomic E-state index is 0.177. The monoisotopic (exact) mass is 182 g/mol. The van der Waals surface area contributed by atoms with Gasteiger partial charge < -0.3 is 0 Å². The van der Waals surface area contributed by atoms with Gasteiger partial charge in [-0.2, -0.15) is 11.8 Å². The number of thioether (sulfide) groups is 1. The van der Waals surface area contributed by atoms with Crippen molar-refractivity contribution >= 4 is 36.0 Å². The van der Waals surface area contributed by atoms with Crippen LogP contribution in [0.2, 0.25) is 0 Å². The molecule has 0 aromatic heterocycles. The summed E-state index contributed by atoms with van der Waals surface area (Å²) in [7, 11) is 0. The van der Waals surface area contributed by atoms with Gasteiger partial charge in [-0.25, -0.2) is 0 Å². The van der Waals surface area contributed by atoms with E-state index < -0.39 is 0 Å². The van der Waals surface area contributed by atoms with E-state index >= 15 is 0 Å². The fraction of sp³-hybridized carbons (Fsp3) is 0.833. The molecule has 0 spiro atoms. The van der Waals surface area contributed by atoms with Crippen LogP contribution in [-0.2, 0) is 0 Å². The second-order valence-corrected chi connectivity index (χ2v) is 3.79. The molecule has 0 saturated carbocycles. The Morgan fingerprint density at radius 3 is 2.78 bits per heavy atom. The van der Waals surface area contributed by atoms with Crippen molar-refractivity contribution in [2.75, 3.05) is 17.3 Å². The Kier molecular flexibility index (Phi) is 7.88. The molecule has 2 radical (unpaired) electrons. The van der Waals surface area contributed by atoms with E-state index in [1.54, 1.807) is 0 Å². The lowest BCUT2D eigenvalue weighted by Gasteiger charge is -2.02. The van der Waals surface area contributed by atoms with E-state index in [4.69, 9.17) is 24.2 Å². The molecule has 3 heteroatoms. The third-order valence-corrected chi connectivity index (χ3v) is 3.06. The van der Waals surface area contributed by atoms with E-state index in [0.29, 0.717) is 5.75 Å². The maximum Gasteiger partial charge on any atom is 0.0525 e. The van der Waals surface area contributed by atoms with Gasteiger partial charge in [0.2, 0.25) is 0 Å². The minimum absolute atomic E-state index is 0.177. The summed E-state index contributed by atoms with van der Waals surface area (Å²) in [6, 6.07) is 0. The van der Waals surface area contributed by atoms with E-state index in [1.165, 1.54) is 0 Å². The molecule has 0 saturated heterocycles. The zero-order chi connectivity index (χ0) is 7.11. The van der Waals surface area contributed by atoms with Crippen LogP contribution >= 0.6 is 36.0 Å². The quantitative estimate of drug-likeness (QED) is 0.466. The lowest BCUT2D eigenvalue weighted by atomic mass is 10.5. The SMILES string of the molecule is [CH2]CCSCC(Cl)C[S]. The largest absolute Gasteiger partial charge is 0.160 e. The summed E-state index contributed by atoms with van der Waals surface area (Å²) in [5.74, 6) is 2.73. The van der Waals surface area contributed by atoms with Gasteiger partial charge in [-0.1, -0.05) is 19.6 Å². The molecule has 0 aliphatic heterocycles. The molecule has 0 N–H and O–H groups in total. The van der Waals surface area contributed by atoms with Gasteiger partial charge in [-0.3, -0.25) is 0 Å². The molecular formula is C6H11ClS2. The highest BCUT2D eigenvalue weighted by atomic mass is 35.5. The van der Waals surface area contributed by atoms with Crippen molar-refractivity contribution in [3.05, 3.63) is 6.92 Å². The Hall–Kier alpha value is 0.990. The summed E-state index contributed by atoms with van der Waals surface area (Å²) >= 11 is 12.3. The van der Waals surface area contributed by atoms with Crippen LogP contribution in [0.25, 0.3) is 0 Å². The number of rotatable bonds is 5. The minimum Gasteiger partial charge on any atom is -0.160 e. The highest BCUT2D eigenvalue weighted by molar-refractivity contribution is 7.99. The van der Waals surface area contributed by atoms with Crippen LogP contribution in [0.4, 0.5) is 0 Å². The fourth-order valence-corrected chi connectivity index (χ4v) is 1.64. The van der Waals surface area contributed by atoms with Gasteiger partial charge in [0.15, 0.2) is 0 Å². The van der Waals surface area contributed by atoms with Crippen molar-refractivity contribution < 1.29 is 0 Å². The molecule has 1 unspecified atom stereocenters. The fourth-order valence-electron chi connectivity index (χ4n) is 0.361. The molecule has 0 fully saturated rings. The second-order valence-electron chi connectivity index (χ2n) is 1.69. The van der Waals surface area contributed by atoms with Gasteiger partial charge in [0.1, 0.15) is 0 Å². The topological polar surface area (TPSA) is 0 Å². The first-order valence-corrected chi connectivity index (χ1v) is 5.07. The van der Waals surface area contributed by atoms with Crippen molar-refractivity contribution in [2.24, 2.45) is 0 Å². The highest BCUT2D eigenvalue weighted by Gasteiger charge is 1.99. The van der Waals surface area contributed by atoms with Gasteiger partial charge in [-0.15, -0.1) is 11.6 Å². The molecule has 54 valence electrons. The third-order valence-electron chi connectivity index (χ3n) is 0.768. The van der Waals surface area contributed by atoms with Crippen LogP contribution in [0.1, 0.15) is 6.42 Å². The van der Waals surface area contributed by atoms with Crippen LogP contribution in [-0.4, -0.2) is 22.6 Å². The molecule has 0 aromatic carbocycles. The van der Waals surface area contributed by atoms with Crippen LogP contribution in [0.5, 0.6) is 0 Å². The van der Waals surface area contributed by atoms with E-state index in [2.05, 4.69) is 6.92 Å². The number of hydrogen-bond acceptors (Lipinski definition) is 1. The van der Waals surface area contributed by atoms with Crippen LogP contribution in [0.15, 0.2) is 0 Å². The summed E-state index contributed by atoms with van der Waals surface area (Å²) in [4.78, 5) is 0. The summed E-state index contributed by atoms with van der Waals surface area (Å²) in [5.41, 5.74) is 0. The zero-order valence-electron chi connectivity index (χ0n) is 5.31. The first-order valence-electron chi connectivity index (χ1n) is 2.90. The van der Waals surface area contributed by atoms with Crippen LogP contribution < -0.4 is 0 Å². The average molecular weight is 183 g/mol. The first-order chi connectivity index (χ1) is 4.31. The predicted octanol–water partition coefficient (Wildman–Crippen LogP) is 2.75. The van der Waals surface area contributed by atoms with Crippen molar-refractivity contribution in [3.8, 4) is 0 Å². The van der Waals surface area contributed by atoms with E-state index in [0.717, 1.165) is 17.9 Å². The first kappa shape index (κ1) is 9.99. The molecule has 1 atom stereocenters. The van der Waals surface area contributed by atoms with E-state index in [1.807, 2.05) is 11.8 Å². The molecule has 0 nitrogen and oxygen atoms in total. The molecular weight excluding hydrogens is 172 g/mol. The van der Waals surface area contributed by atoms with E-state index in [9.17, 15) is 0 Å². The van der Waals surface area contributed by atoms with Crippen LogP contribution in [0.3, 0.4) is 0 Å². The van der Waals surface area contributed by atoms with Crippen LogP contribution in [0, 0.1) is 6.92 Å². The standard InChI is InChI=1S/C6H11ClS2/c1-2-3-9-5-6(7)4-8/h6H,1-5H2. The Morgan fingerprint density at radius 2 is 2.33 bits per heavy atom. The predicted molar refractivity (Wildman–Crippen MR) is 49.4 cm³/mol. The van der Waals surface area contributed by atoms with E-state index in [-0.39, 0.29) is 5.38 Å². The maximum absolute atomic E-state index is 5.76. The Balaban J connectivity index is 2.88. The molecule has 0 heterocycles. The Labute approximate surface area is 72.1 Å². The van der Waals surface area contributed by atoms with Gasteiger partial charge in [0.25, 0.3) is 0 Å². The number of halogens is 1. The lowest BCUT2D eigenvalue weighted by molar-refractivity contribution is 1.13. The second kappa shape index (κ2) is 7.10. The summed E-state index contributed by atoms with van der Waals surface area (Å²) in [5, 5.41) is 0.177. The summed E-state index contributed by atoms with van der Waals surface area (Å²) in [6.07, 6.45) is 0.978. The average Bonchev–Trinajstić information content (AvgIpc) is 1.89.